The fourth-order valence-corrected chi connectivity index (χ4v) is 1.18. The van der Waals surface area contributed by atoms with Crippen LogP contribution in [-0.2, 0) is 16.0 Å². The molecule has 0 aromatic heterocycles. The molecule has 3 heteroatoms. The summed E-state index contributed by atoms with van der Waals surface area (Å²) in [4.78, 5) is 11.0. The maximum absolute atomic E-state index is 11.0. The van der Waals surface area contributed by atoms with Gasteiger partial charge in [-0.1, -0.05) is 24.3 Å². The molecule has 0 aliphatic heterocycles. The first-order valence-corrected chi connectivity index (χ1v) is 4.54. The lowest BCUT2D eigenvalue weighted by molar-refractivity contribution is -0.139. The summed E-state index contributed by atoms with van der Waals surface area (Å²) < 4.78 is 4.57. The van der Waals surface area contributed by atoms with Gasteiger partial charge in [0.05, 0.1) is 13.5 Å². The summed E-state index contributed by atoms with van der Waals surface area (Å²) in [6, 6.07) is 7.69. The summed E-state index contributed by atoms with van der Waals surface area (Å²) in [5.74, 6) is -0.224. The number of esters is 1. The third-order valence-corrected chi connectivity index (χ3v) is 2.08. The standard InChI is InChI=1S/C11H15NO2/c1-8(12)10-5-3-9(4-6-10)7-11(13)14-2/h3-6,8H,7,12H2,1-2H3/t8-/m0/s1. The summed E-state index contributed by atoms with van der Waals surface area (Å²) in [6.07, 6.45) is 0.315. The van der Waals surface area contributed by atoms with Crippen molar-refractivity contribution in [3.63, 3.8) is 0 Å². The van der Waals surface area contributed by atoms with E-state index < -0.39 is 0 Å². The summed E-state index contributed by atoms with van der Waals surface area (Å²) >= 11 is 0. The second-order valence-electron chi connectivity index (χ2n) is 3.28. The Morgan fingerprint density at radius 3 is 2.43 bits per heavy atom. The monoisotopic (exact) mass is 193 g/mol. The Kier molecular flexibility index (Phi) is 3.65. The van der Waals surface area contributed by atoms with Gasteiger partial charge in [-0.2, -0.15) is 0 Å². The molecule has 0 spiro atoms. The van der Waals surface area contributed by atoms with Gasteiger partial charge in [0, 0.05) is 6.04 Å². The van der Waals surface area contributed by atoms with Gasteiger partial charge in [-0.05, 0) is 18.1 Å². The van der Waals surface area contributed by atoms with Crippen LogP contribution in [0.5, 0.6) is 0 Å². The van der Waals surface area contributed by atoms with Crippen LogP contribution in [0.2, 0.25) is 0 Å². The molecule has 0 fully saturated rings. The highest BCUT2D eigenvalue weighted by atomic mass is 16.5. The van der Waals surface area contributed by atoms with Crippen LogP contribution in [-0.4, -0.2) is 13.1 Å². The zero-order chi connectivity index (χ0) is 10.6. The summed E-state index contributed by atoms with van der Waals surface area (Å²) in [5, 5.41) is 0. The van der Waals surface area contributed by atoms with Gasteiger partial charge in [0.15, 0.2) is 0 Å². The van der Waals surface area contributed by atoms with Crippen LogP contribution in [0.3, 0.4) is 0 Å². The van der Waals surface area contributed by atoms with E-state index in [0.717, 1.165) is 11.1 Å². The van der Waals surface area contributed by atoms with Crippen molar-refractivity contribution in [1.82, 2.24) is 0 Å². The minimum Gasteiger partial charge on any atom is -0.469 e. The molecule has 0 heterocycles. The smallest absolute Gasteiger partial charge is 0.309 e. The second kappa shape index (κ2) is 4.77. The molecule has 1 aromatic carbocycles. The molecular weight excluding hydrogens is 178 g/mol. The molecule has 1 rings (SSSR count). The molecule has 1 atom stereocenters. The number of hydrogen-bond acceptors (Lipinski definition) is 3. The first-order valence-electron chi connectivity index (χ1n) is 4.54. The van der Waals surface area contributed by atoms with Crippen molar-refractivity contribution >= 4 is 5.97 Å². The Morgan fingerprint density at radius 1 is 1.43 bits per heavy atom. The SMILES string of the molecule is COC(=O)Cc1ccc([C@H](C)N)cc1. The molecule has 0 aliphatic rings. The largest absolute Gasteiger partial charge is 0.469 e. The zero-order valence-electron chi connectivity index (χ0n) is 8.49. The Hall–Kier alpha value is -1.35. The number of ether oxygens (including phenoxy) is 1. The van der Waals surface area contributed by atoms with Crippen LogP contribution >= 0.6 is 0 Å². The van der Waals surface area contributed by atoms with E-state index in [4.69, 9.17) is 5.73 Å². The van der Waals surface area contributed by atoms with Crippen molar-refractivity contribution in [2.24, 2.45) is 5.73 Å². The minimum atomic E-state index is -0.224. The van der Waals surface area contributed by atoms with Crippen molar-refractivity contribution in [3.8, 4) is 0 Å². The summed E-state index contributed by atoms with van der Waals surface area (Å²) in [6.45, 7) is 1.93. The minimum absolute atomic E-state index is 0.0298. The van der Waals surface area contributed by atoms with Crippen LogP contribution < -0.4 is 5.73 Å². The molecule has 3 nitrogen and oxygen atoms in total. The van der Waals surface area contributed by atoms with Gasteiger partial charge in [0.25, 0.3) is 0 Å². The Balaban J connectivity index is 2.69. The number of rotatable bonds is 3. The highest BCUT2D eigenvalue weighted by Crippen LogP contribution is 2.11. The average molecular weight is 193 g/mol. The van der Waals surface area contributed by atoms with Crippen LogP contribution in [0.15, 0.2) is 24.3 Å². The number of carbonyl (C=O) groups excluding carboxylic acids is 1. The molecular formula is C11H15NO2. The second-order valence-corrected chi connectivity index (χ2v) is 3.28. The number of carbonyl (C=O) groups is 1. The maximum atomic E-state index is 11.0. The topological polar surface area (TPSA) is 52.3 Å². The van der Waals surface area contributed by atoms with E-state index in [1.54, 1.807) is 0 Å². The van der Waals surface area contributed by atoms with E-state index in [1.807, 2.05) is 31.2 Å². The first-order chi connectivity index (χ1) is 6.63. The lowest BCUT2D eigenvalue weighted by atomic mass is 10.1. The number of benzene rings is 1. The fourth-order valence-electron chi connectivity index (χ4n) is 1.18. The number of hydrogen-bond donors (Lipinski definition) is 1. The van der Waals surface area contributed by atoms with Crippen LogP contribution in [0, 0.1) is 0 Å². The van der Waals surface area contributed by atoms with Crippen LogP contribution in [0.25, 0.3) is 0 Å². The van der Waals surface area contributed by atoms with E-state index in [2.05, 4.69) is 4.74 Å². The highest BCUT2D eigenvalue weighted by Gasteiger charge is 2.03. The molecule has 0 saturated carbocycles. The molecule has 0 amide bonds. The molecule has 14 heavy (non-hydrogen) atoms. The van der Waals surface area contributed by atoms with Crippen LogP contribution in [0.1, 0.15) is 24.1 Å². The van der Waals surface area contributed by atoms with Crippen molar-refractivity contribution in [2.45, 2.75) is 19.4 Å². The average Bonchev–Trinajstić information content (AvgIpc) is 2.18. The predicted molar refractivity (Wildman–Crippen MR) is 54.8 cm³/mol. The van der Waals surface area contributed by atoms with Gasteiger partial charge in [-0.25, -0.2) is 0 Å². The molecule has 1 aromatic rings. The summed E-state index contributed by atoms with van der Waals surface area (Å²) in [7, 11) is 1.39. The van der Waals surface area contributed by atoms with Crippen LogP contribution in [0.4, 0.5) is 0 Å². The molecule has 0 aliphatic carbocycles. The van der Waals surface area contributed by atoms with E-state index in [0.29, 0.717) is 6.42 Å². The molecule has 0 bridgehead atoms. The van der Waals surface area contributed by atoms with Gasteiger partial charge in [-0.3, -0.25) is 4.79 Å². The van der Waals surface area contributed by atoms with Gasteiger partial charge in [0.1, 0.15) is 0 Å². The third-order valence-electron chi connectivity index (χ3n) is 2.08. The van der Waals surface area contributed by atoms with Crippen molar-refractivity contribution < 1.29 is 9.53 Å². The third kappa shape index (κ3) is 2.85. The molecule has 0 radical (unpaired) electrons. The summed E-state index contributed by atoms with van der Waals surface area (Å²) in [5.41, 5.74) is 7.71. The fraction of sp³-hybridized carbons (Fsp3) is 0.364. The first kappa shape index (κ1) is 10.7. The van der Waals surface area contributed by atoms with Gasteiger partial charge >= 0.3 is 5.97 Å². The predicted octanol–water partition coefficient (Wildman–Crippen LogP) is 1.42. The molecule has 0 saturated heterocycles. The van der Waals surface area contributed by atoms with Crippen molar-refractivity contribution in [3.05, 3.63) is 35.4 Å². The quantitative estimate of drug-likeness (QED) is 0.739. The van der Waals surface area contributed by atoms with Crippen molar-refractivity contribution in [2.75, 3.05) is 7.11 Å². The van der Waals surface area contributed by atoms with Gasteiger partial charge in [0.2, 0.25) is 0 Å². The Labute approximate surface area is 83.9 Å². The molecule has 2 N–H and O–H groups in total. The lowest BCUT2D eigenvalue weighted by Gasteiger charge is -2.06. The van der Waals surface area contributed by atoms with E-state index in [-0.39, 0.29) is 12.0 Å². The maximum Gasteiger partial charge on any atom is 0.309 e. The lowest BCUT2D eigenvalue weighted by Crippen LogP contribution is -2.06. The Bertz CT molecular complexity index is 304. The van der Waals surface area contributed by atoms with E-state index in [9.17, 15) is 4.79 Å². The molecule has 76 valence electrons. The normalized spacial score (nSPS) is 12.2. The van der Waals surface area contributed by atoms with Crippen molar-refractivity contribution in [1.29, 1.82) is 0 Å². The van der Waals surface area contributed by atoms with E-state index >= 15 is 0 Å². The Morgan fingerprint density at radius 2 is 2.00 bits per heavy atom. The highest BCUT2D eigenvalue weighted by molar-refractivity contribution is 5.72. The van der Waals surface area contributed by atoms with E-state index in [1.165, 1.54) is 7.11 Å². The van der Waals surface area contributed by atoms with Gasteiger partial charge in [-0.15, -0.1) is 0 Å². The number of nitrogens with two attached hydrogens (primary N) is 1. The number of methoxy groups -OCH3 is 1. The van der Waals surface area contributed by atoms with Gasteiger partial charge < -0.3 is 10.5 Å². The zero-order valence-corrected chi connectivity index (χ0v) is 8.49. The molecule has 0 unspecified atom stereocenters.